The molecule has 1 fully saturated rings. The molecule has 1 N–H and O–H groups in total. The summed E-state index contributed by atoms with van der Waals surface area (Å²) >= 11 is 1.18. The Morgan fingerprint density at radius 3 is 2.95 bits per heavy atom. The summed E-state index contributed by atoms with van der Waals surface area (Å²) in [6.45, 7) is 0.444. The predicted octanol–water partition coefficient (Wildman–Crippen LogP) is 2.09. The van der Waals surface area contributed by atoms with Crippen LogP contribution in [0.5, 0.6) is 5.75 Å². The Labute approximate surface area is 114 Å². The molecule has 1 saturated heterocycles. The smallest absolute Gasteiger partial charge is 0.387 e. The van der Waals surface area contributed by atoms with Gasteiger partial charge >= 0.3 is 6.61 Å². The fourth-order valence-corrected chi connectivity index (χ4v) is 3.05. The number of rotatable bonds is 4. The molecule has 0 spiro atoms. The molecule has 1 atom stereocenters. The molecule has 2 rings (SSSR count). The Kier molecular flexibility index (Phi) is 4.36. The van der Waals surface area contributed by atoms with E-state index in [0.717, 1.165) is 24.4 Å². The Morgan fingerprint density at radius 2 is 2.37 bits per heavy atom. The van der Waals surface area contributed by atoms with E-state index in [-0.39, 0.29) is 22.6 Å². The minimum atomic E-state index is -2.92. The van der Waals surface area contributed by atoms with Crippen molar-refractivity contribution < 1.29 is 18.3 Å². The molecule has 0 aliphatic carbocycles. The van der Waals surface area contributed by atoms with E-state index in [0.29, 0.717) is 0 Å². The third-order valence-corrected chi connectivity index (χ3v) is 4.15. The zero-order valence-corrected chi connectivity index (χ0v) is 11.6. The van der Waals surface area contributed by atoms with Gasteiger partial charge in [-0.25, -0.2) is 0 Å². The van der Waals surface area contributed by atoms with Crippen molar-refractivity contribution >= 4 is 17.2 Å². The lowest BCUT2D eigenvalue weighted by atomic mass is 10.2. The number of aryl methyl sites for hydroxylation is 1. The highest BCUT2D eigenvalue weighted by Gasteiger charge is 2.28. The summed E-state index contributed by atoms with van der Waals surface area (Å²) in [7, 11) is 1.70. The van der Waals surface area contributed by atoms with E-state index in [1.165, 1.54) is 17.4 Å². The van der Waals surface area contributed by atoms with Gasteiger partial charge in [0, 0.05) is 24.5 Å². The van der Waals surface area contributed by atoms with E-state index in [1.807, 2.05) is 0 Å². The highest BCUT2D eigenvalue weighted by molar-refractivity contribution is 7.14. The van der Waals surface area contributed by atoms with Crippen molar-refractivity contribution in [3.8, 4) is 5.75 Å². The average molecular weight is 290 g/mol. The van der Waals surface area contributed by atoms with Crippen LogP contribution in [0.3, 0.4) is 0 Å². The summed E-state index contributed by atoms with van der Waals surface area (Å²) in [4.78, 5) is 14.9. The van der Waals surface area contributed by atoms with Gasteiger partial charge < -0.3 is 15.0 Å². The van der Waals surface area contributed by atoms with Gasteiger partial charge in [0.25, 0.3) is 5.91 Å². The van der Waals surface area contributed by atoms with Crippen LogP contribution in [-0.4, -0.2) is 43.6 Å². The number of alkyl halides is 2. The molecule has 0 saturated carbocycles. The lowest BCUT2D eigenvalue weighted by Gasteiger charge is -2.23. The van der Waals surface area contributed by atoms with Crippen LogP contribution in [0.4, 0.5) is 8.78 Å². The van der Waals surface area contributed by atoms with Crippen LogP contribution >= 0.6 is 11.3 Å². The van der Waals surface area contributed by atoms with Gasteiger partial charge in [-0.05, 0) is 26.0 Å². The molecular weight excluding hydrogens is 274 g/mol. The Morgan fingerprint density at radius 1 is 1.63 bits per heavy atom. The van der Waals surface area contributed by atoms with E-state index in [4.69, 9.17) is 0 Å². The van der Waals surface area contributed by atoms with Gasteiger partial charge in [0.2, 0.25) is 0 Å². The number of thiophene rings is 1. The first-order valence-corrected chi connectivity index (χ1v) is 6.84. The maximum atomic E-state index is 12.3. The number of likely N-dealkylation sites (N-methyl/N-ethyl adjacent to an activating group) is 1. The number of ether oxygens (including phenoxy) is 1. The van der Waals surface area contributed by atoms with Gasteiger partial charge in [0.1, 0.15) is 10.6 Å². The maximum absolute atomic E-state index is 12.3. The van der Waals surface area contributed by atoms with E-state index in [9.17, 15) is 13.6 Å². The van der Waals surface area contributed by atoms with Gasteiger partial charge in [0.15, 0.2) is 0 Å². The quantitative estimate of drug-likeness (QED) is 0.923. The molecular formula is C12H16F2N2O2S. The number of carbonyl (C=O) groups excluding carboxylic acids is 1. The first-order chi connectivity index (χ1) is 8.99. The number of carbonyl (C=O) groups is 1. The molecule has 4 nitrogen and oxygen atoms in total. The van der Waals surface area contributed by atoms with Crippen LogP contribution in [-0.2, 0) is 0 Å². The maximum Gasteiger partial charge on any atom is 0.387 e. The van der Waals surface area contributed by atoms with E-state index >= 15 is 0 Å². The fourth-order valence-electron chi connectivity index (χ4n) is 2.12. The van der Waals surface area contributed by atoms with Crippen molar-refractivity contribution in [3.05, 3.63) is 15.8 Å². The fraction of sp³-hybridized carbons (Fsp3) is 0.583. The van der Waals surface area contributed by atoms with Gasteiger partial charge in [-0.1, -0.05) is 0 Å². The third-order valence-electron chi connectivity index (χ3n) is 3.13. The first-order valence-electron chi connectivity index (χ1n) is 6.02. The molecule has 0 aromatic carbocycles. The van der Waals surface area contributed by atoms with Crippen molar-refractivity contribution in [1.29, 1.82) is 0 Å². The summed E-state index contributed by atoms with van der Waals surface area (Å²) in [6.07, 6.45) is 0.873. The van der Waals surface area contributed by atoms with Crippen LogP contribution in [0.15, 0.2) is 6.07 Å². The zero-order valence-electron chi connectivity index (χ0n) is 10.8. The van der Waals surface area contributed by atoms with Crippen LogP contribution in [0, 0.1) is 6.92 Å². The Balaban J connectivity index is 2.17. The number of nitrogens with zero attached hydrogens (tertiary/aromatic N) is 1. The molecule has 1 aromatic rings. The molecule has 1 aromatic heterocycles. The molecule has 1 unspecified atom stereocenters. The second kappa shape index (κ2) is 5.83. The van der Waals surface area contributed by atoms with Gasteiger partial charge in [-0.15, -0.1) is 11.3 Å². The summed E-state index contributed by atoms with van der Waals surface area (Å²) in [5.41, 5.74) is 0. The van der Waals surface area contributed by atoms with E-state index in [1.54, 1.807) is 18.9 Å². The first kappa shape index (κ1) is 14.2. The predicted molar refractivity (Wildman–Crippen MR) is 69.1 cm³/mol. The summed E-state index contributed by atoms with van der Waals surface area (Å²) in [6, 6.07) is 1.58. The average Bonchev–Trinajstić information content (AvgIpc) is 2.96. The van der Waals surface area contributed by atoms with Crippen molar-refractivity contribution in [2.45, 2.75) is 26.0 Å². The molecule has 106 valence electrons. The number of hydrogen-bond donors (Lipinski definition) is 1. The molecule has 1 amide bonds. The number of nitrogens with one attached hydrogen (secondary N) is 1. The minimum absolute atomic E-state index is 0.0275. The largest absolute Gasteiger partial charge is 0.433 e. The van der Waals surface area contributed by atoms with Crippen molar-refractivity contribution in [1.82, 2.24) is 10.2 Å². The van der Waals surface area contributed by atoms with Gasteiger partial charge in [0.05, 0.1) is 0 Å². The summed E-state index contributed by atoms with van der Waals surface area (Å²) < 4.78 is 29.1. The van der Waals surface area contributed by atoms with E-state index in [2.05, 4.69) is 10.1 Å². The number of hydrogen-bond acceptors (Lipinski definition) is 4. The molecule has 7 heteroatoms. The van der Waals surface area contributed by atoms with Crippen LogP contribution in [0.25, 0.3) is 0 Å². The lowest BCUT2D eigenvalue weighted by molar-refractivity contribution is -0.0499. The normalized spacial score (nSPS) is 18.9. The molecule has 19 heavy (non-hydrogen) atoms. The molecule has 1 aliphatic rings. The second-order valence-electron chi connectivity index (χ2n) is 4.49. The highest BCUT2D eigenvalue weighted by atomic mass is 32.1. The molecule has 1 aliphatic heterocycles. The Hall–Kier alpha value is -1.21. The molecule has 2 heterocycles. The summed E-state index contributed by atoms with van der Waals surface area (Å²) in [5, 5.41) is 3.17. The Bertz CT molecular complexity index is 459. The monoisotopic (exact) mass is 290 g/mol. The number of amides is 1. The van der Waals surface area contributed by atoms with Crippen molar-refractivity contribution in [2.24, 2.45) is 0 Å². The standard InChI is InChI=1S/C12H16F2N2O2S/c1-7-5-9(18-12(13)14)10(19-7)11(17)16(2)8-3-4-15-6-8/h5,8,12,15H,3-4,6H2,1-2H3. The number of halogens is 2. The van der Waals surface area contributed by atoms with Crippen molar-refractivity contribution in [2.75, 3.05) is 20.1 Å². The topological polar surface area (TPSA) is 41.6 Å². The summed E-state index contributed by atoms with van der Waals surface area (Å²) in [5.74, 6) is -0.289. The third kappa shape index (κ3) is 3.22. The molecule has 0 bridgehead atoms. The zero-order chi connectivity index (χ0) is 14.0. The SMILES string of the molecule is Cc1cc(OC(F)F)c(C(=O)N(C)C2CCNC2)s1. The van der Waals surface area contributed by atoms with E-state index < -0.39 is 6.61 Å². The minimum Gasteiger partial charge on any atom is -0.433 e. The van der Waals surface area contributed by atoms with Crippen LogP contribution in [0.1, 0.15) is 21.0 Å². The highest BCUT2D eigenvalue weighted by Crippen LogP contribution is 2.31. The lowest BCUT2D eigenvalue weighted by Crippen LogP contribution is -2.38. The van der Waals surface area contributed by atoms with Crippen LogP contribution in [0.2, 0.25) is 0 Å². The second-order valence-corrected chi connectivity index (χ2v) is 5.75. The van der Waals surface area contributed by atoms with Crippen molar-refractivity contribution in [3.63, 3.8) is 0 Å². The van der Waals surface area contributed by atoms with Gasteiger partial charge in [-0.3, -0.25) is 4.79 Å². The molecule has 0 radical (unpaired) electrons. The van der Waals surface area contributed by atoms with Crippen LogP contribution < -0.4 is 10.1 Å². The van der Waals surface area contributed by atoms with Gasteiger partial charge in [-0.2, -0.15) is 8.78 Å².